The molecule has 118 valence electrons. The minimum absolute atomic E-state index is 0.0250. The van der Waals surface area contributed by atoms with Gasteiger partial charge in [0.15, 0.2) is 0 Å². The number of carbonyl (C=O) groups is 1. The molecule has 0 N–H and O–H groups in total. The number of benzene rings is 1. The molecule has 23 heavy (non-hydrogen) atoms. The number of hydrogen-bond donors (Lipinski definition) is 0. The highest BCUT2D eigenvalue weighted by molar-refractivity contribution is 7.26. The lowest BCUT2D eigenvalue weighted by atomic mass is 9.90. The summed E-state index contributed by atoms with van der Waals surface area (Å²) in [6, 6.07) is 11.8. The number of rotatable bonds is 4. The Labute approximate surface area is 141 Å². The van der Waals surface area contributed by atoms with E-state index in [1.54, 1.807) is 11.3 Å². The van der Waals surface area contributed by atoms with E-state index in [1.807, 2.05) is 30.3 Å². The van der Waals surface area contributed by atoms with Crippen molar-refractivity contribution in [3.8, 4) is 9.88 Å². The smallest absolute Gasteiger partial charge is 0.348 e. The number of carbonyl (C=O) groups excluding carboxylic acids is 1. The van der Waals surface area contributed by atoms with Crippen molar-refractivity contribution < 1.29 is 14.3 Å². The molecule has 1 aromatic carbocycles. The molecule has 1 fully saturated rings. The Morgan fingerprint density at radius 2 is 2.09 bits per heavy atom. The summed E-state index contributed by atoms with van der Waals surface area (Å²) >= 11 is 3.06. The quantitative estimate of drug-likeness (QED) is 0.664. The Morgan fingerprint density at radius 1 is 1.26 bits per heavy atom. The van der Waals surface area contributed by atoms with Gasteiger partial charge in [-0.05, 0) is 24.3 Å². The largest absolute Gasteiger partial charge is 0.461 e. The van der Waals surface area contributed by atoms with Gasteiger partial charge in [-0.15, -0.1) is 22.7 Å². The third-order valence-corrected chi connectivity index (χ3v) is 6.04. The summed E-state index contributed by atoms with van der Waals surface area (Å²) in [5.41, 5.74) is 0.964. The average Bonchev–Trinajstić information content (AvgIpc) is 3.16. The van der Waals surface area contributed by atoms with Gasteiger partial charge in [-0.3, -0.25) is 0 Å². The molecule has 0 saturated carbocycles. The van der Waals surface area contributed by atoms with E-state index in [4.69, 9.17) is 9.47 Å². The van der Waals surface area contributed by atoms with Gasteiger partial charge in [0.05, 0.1) is 28.3 Å². The van der Waals surface area contributed by atoms with Crippen LogP contribution in [0, 0.1) is 5.41 Å². The van der Waals surface area contributed by atoms with Gasteiger partial charge in [0.25, 0.3) is 0 Å². The number of hydrogen-bond acceptors (Lipinski definition) is 6. The average molecular weight is 345 g/mol. The van der Waals surface area contributed by atoms with E-state index < -0.39 is 0 Å². The Bertz CT molecular complexity index is 830. The van der Waals surface area contributed by atoms with Crippen molar-refractivity contribution in [2.75, 3.05) is 19.8 Å². The van der Waals surface area contributed by atoms with Crippen LogP contribution in [0.5, 0.6) is 0 Å². The molecule has 0 unspecified atom stereocenters. The number of aromatic nitrogens is 1. The van der Waals surface area contributed by atoms with Crippen molar-refractivity contribution in [3.63, 3.8) is 0 Å². The van der Waals surface area contributed by atoms with Crippen LogP contribution in [-0.4, -0.2) is 30.8 Å². The Hall–Kier alpha value is -1.76. The van der Waals surface area contributed by atoms with E-state index in [1.165, 1.54) is 11.3 Å². The van der Waals surface area contributed by atoms with Crippen LogP contribution in [0.3, 0.4) is 0 Å². The maximum atomic E-state index is 12.2. The van der Waals surface area contributed by atoms with Crippen LogP contribution in [0.25, 0.3) is 20.1 Å². The summed E-state index contributed by atoms with van der Waals surface area (Å²) in [5, 5.41) is 0.939. The van der Waals surface area contributed by atoms with Gasteiger partial charge in [0.1, 0.15) is 16.5 Å². The predicted octanol–water partition coefficient (Wildman–Crippen LogP) is 4.22. The summed E-state index contributed by atoms with van der Waals surface area (Å²) in [6.45, 7) is 3.77. The number of thiazole rings is 1. The number of para-hydroxylation sites is 1. The highest BCUT2D eigenvalue weighted by Gasteiger charge is 2.35. The van der Waals surface area contributed by atoms with Crippen LogP contribution < -0.4 is 0 Å². The molecule has 4 nitrogen and oxygen atoms in total. The lowest BCUT2D eigenvalue weighted by molar-refractivity contribution is -0.127. The van der Waals surface area contributed by atoms with E-state index in [0.29, 0.717) is 24.7 Å². The molecule has 0 spiro atoms. The normalized spacial score (nSPS) is 16.2. The predicted molar refractivity (Wildman–Crippen MR) is 92.1 cm³/mol. The van der Waals surface area contributed by atoms with Crippen molar-refractivity contribution in [2.24, 2.45) is 5.41 Å². The number of esters is 1. The monoisotopic (exact) mass is 345 g/mol. The third kappa shape index (κ3) is 2.89. The zero-order valence-corrected chi connectivity index (χ0v) is 14.2. The van der Waals surface area contributed by atoms with E-state index in [9.17, 15) is 4.79 Å². The van der Waals surface area contributed by atoms with Crippen LogP contribution >= 0.6 is 22.7 Å². The molecular weight excluding hydrogens is 330 g/mol. The fourth-order valence-corrected chi connectivity index (χ4v) is 4.30. The lowest BCUT2D eigenvalue weighted by Gasteiger charge is -2.37. The fourth-order valence-electron chi connectivity index (χ4n) is 2.38. The summed E-state index contributed by atoms with van der Waals surface area (Å²) in [4.78, 5) is 18.4. The molecule has 2 aromatic heterocycles. The number of ether oxygens (including phenoxy) is 2. The maximum Gasteiger partial charge on any atom is 0.348 e. The molecule has 0 bridgehead atoms. The summed E-state index contributed by atoms with van der Waals surface area (Å²) in [6.07, 6.45) is 0. The van der Waals surface area contributed by atoms with Crippen LogP contribution in [0.15, 0.2) is 36.4 Å². The number of nitrogens with zero attached hydrogens (tertiary/aromatic N) is 1. The summed E-state index contributed by atoms with van der Waals surface area (Å²) < 4.78 is 11.7. The summed E-state index contributed by atoms with van der Waals surface area (Å²) in [7, 11) is 0. The molecule has 1 saturated heterocycles. The second-order valence-corrected chi connectivity index (χ2v) is 8.14. The van der Waals surface area contributed by atoms with E-state index in [-0.39, 0.29) is 11.4 Å². The van der Waals surface area contributed by atoms with Crippen LogP contribution in [0.1, 0.15) is 16.6 Å². The molecule has 0 radical (unpaired) electrons. The zero-order valence-electron chi connectivity index (χ0n) is 12.6. The molecule has 6 heteroatoms. The minimum Gasteiger partial charge on any atom is -0.461 e. The van der Waals surface area contributed by atoms with Gasteiger partial charge < -0.3 is 9.47 Å². The molecule has 4 rings (SSSR count). The van der Waals surface area contributed by atoms with Crippen molar-refractivity contribution in [2.45, 2.75) is 6.92 Å². The molecule has 1 aliphatic rings. The van der Waals surface area contributed by atoms with Crippen LogP contribution in [0.4, 0.5) is 0 Å². The number of thiophene rings is 1. The molecular formula is C17H15NO3S2. The molecule has 1 aliphatic heterocycles. The Balaban J connectivity index is 1.50. The minimum atomic E-state index is -0.268. The maximum absolute atomic E-state index is 12.2. The van der Waals surface area contributed by atoms with Crippen molar-refractivity contribution >= 4 is 38.9 Å². The standard InChI is InChI=1S/C17H15NO3S2/c1-17(8-20-9-17)10-21-16(19)14-7-6-13(22-14)15-18-11-4-2-3-5-12(11)23-15/h2-7H,8-10H2,1H3. The zero-order chi connectivity index (χ0) is 15.9. The van der Waals surface area contributed by atoms with Gasteiger partial charge in [-0.25, -0.2) is 9.78 Å². The molecule has 3 aromatic rings. The molecule has 0 aliphatic carbocycles. The summed E-state index contributed by atoms with van der Waals surface area (Å²) in [5.74, 6) is -0.268. The second kappa shape index (κ2) is 5.70. The Morgan fingerprint density at radius 3 is 2.83 bits per heavy atom. The number of fused-ring (bicyclic) bond motifs is 1. The van der Waals surface area contributed by atoms with Crippen LogP contribution in [-0.2, 0) is 9.47 Å². The third-order valence-electron chi connectivity index (χ3n) is 3.76. The first-order chi connectivity index (χ1) is 11.1. The first-order valence-electron chi connectivity index (χ1n) is 7.34. The van der Waals surface area contributed by atoms with Crippen molar-refractivity contribution in [3.05, 3.63) is 41.3 Å². The van der Waals surface area contributed by atoms with Gasteiger partial charge in [-0.1, -0.05) is 19.1 Å². The highest BCUT2D eigenvalue weighted by Crippen LogP contribution is 2.35. The van der Waals surface area contributed by atoms with Crippen LogP contribution in [0.2, 0.25) is 0 Å². The second-order valence-electron chi connectivity index (χ2n) is 6.03. The first-order valence-corrected chi connectivity index (χ1v) is 8.97. The fraction of sp³-hybridized carbons (Fsp3) is 0.294. The Kier molecular flexibility index (Phi) is 3.67. The van der Waals surface area contributed by atoms with Gasteiger partial charge in [0.2, 0.25) is 0 Å². The van der Waals surface area contributed by atoms with Gasteiger partial charge in [0, 0.05) is 5.41 Å². The molecule has 0 amide bonds. The SMILES string of the molecule is CC1(COC(=O)c2ccc(-c3nc4ccccc4s3)s2)COC1. The van der Waals surface area contributed by atoms with E-state index >= 15 is 0 Å². The molecule has 3 heterocycles. The van der Waals surface area contributed by atoms with Gasteiger partial charge >= 0.3 is 5.97 Å². The van der Waals surface area contributed by atoms with Crippen molar-refractivity contribution in [1.82, 2.24) is 4.98 Å². The van der Waals surface area contributed by atoms with Gasteiger partial charge in [-0.2, -0.15) is 0 Å². The topological polar surface area (TPSA) is 48.4 Å². The first kappa shape index (κ1) is 14.8. The molecule has 0 atom stereocenters. The highest BCUT2D eigenvalue weighted by atomic mass is 32.1. The van der Waals surface area contributed by atoms with E-state index in [0.717, 1.165) is 20.1 Å². The van der Waals surface area contributed by atoms with E-state index in [2.05, 4.69) is 18.0 Å². The lowest BCUT2D eigenvalue weighted by Crippen LogP contribution is -2.44. The van der Waals surface area contributed by atoms with Crippen molar-refractivity contribution in [1.29, 1.82) is 0 Å².